The van der Waals surface area contributed by atoms with Crippen LogP contribution in [0.4, 0.5) is 0 Å². The molecule has 0 aliphatic rings. The minimum absolute atomic E-state index is 0.646. The summed E-state index contributed by atoms with van der Waals surface area (Å²) in [6.07, 6.45) is 1.21. The van der Waals surface area contributed by atoms with Crippen LogP contribution in [0.25, 0.3) is 0 Å². The van der Waals surface area contributed by atoms with Crippen molar-refractivity contribution in [3.05, 3.63) is 0 Å². The number of hydrogen-bond donors (Lipinski definition) is 0. The van der Waals surface area contributed by atoms with E-state index in [1.807, 2.05) is 0 Å². The van der Waals surface area contributed by atoms with Crippen molar-refractivity contribution in [3.8, 4) is 0 Å². The molecule has 0 aliphatic heterocycles. The molecule has 16 heavy (non-hydrogen) atoms. The zero-order chi connectivity index (χ0) is 13.4. The highest BCUT2D eigenvalue weighted by atomic mass is 35.6. The van der Waals surface area contributed by atoms with E-state index in [9.17, 15) is 0 Å². The van der Waals surface area contributed by atoms with Gasteiger partial charge in [-0.2, -0.15) is 11.1 Å². The van der Waals surface area contributed by atoms with E-state index in [2.05, 4.69) is 63.5 Å². The van der Waals surface area contributed by atoms with Crippen LogP contribution in [-0.4, -0.2) is 33.8 Å². The molecule has 98 valence electrons. The van der Waals surface area contributed by atoms with Crippen molar-refractivity contribution in [1.29, 1.82) is 0 Å². The summed E-state index contributed by atoms with van der Waals surface area (Å²) in [6, 6.07) is 0. The van der Waals surface area contributed by atoms with Gasteiger partial charge in [0, 0.05) is 5.67 Å². The molecule has 0 amide bonds. The van der Waals surface area contributed by atoms with Crippen molar-refractivity contribution >= 4 is 34.9 Å². The lowest BCUT2D eigenvalue weighted by atomic mass is 10.5. The Morgan fingerprint density at radius 3 is 1.25 bits per heavy atom. The van der Waals surface area contributed by atoms with E-state index in [0.29, 0.717) is 5.67 Å². The molecule has 0 radical (unpaired) electrons. The third-order valence-corrected chi connectivity index (χ3v) is 14.0. The van der Waals surface area contributed by atoms with Gasteiger partial charge in [-0.15, -0.1) is 0 Å². The monoisotopic (exact) mass is 295 g/mol. The number of rotatable bonds is 5. The van der Waals surface area contributed by atoms with Gasteiger partial charge in [0.05, 0.1) is 0 Å². The molecule has 5 heteroatoms. The van der Waals surface area contributed by atoms with Crippen molar-refractivity contribution in [3.63, 3.8) is 0 Å². The maximum atomic E-state index is 6.75. The summed E-state index contributed by atoms with van der Waals surface area (Å²) in [4.78, 5) is 0. The van der Waals surface area contributed by atoms with Crippen LogP contribution >= 0.6 is 11.1 Å². The summed E-state index contributed by atoms with van der Waals surface area (Å²) < 4.78 is 2.89. The Morgan fingerprint density at radius 2 is 1.19 bits per heavy atom. The summed E-state index contributed by atoms with van der Waals surface area (Å²) in [5.74, 6) is 0. The molecule has 0 aromatic heterocycles. The van der Waals surface area contributed by atoms with Crippen molar-refractivity contribution < 1.29 is 0 Å². The summed E-state index contributed by atoms with van der Waals surface area (Å²) in [7, 11) is -4.14. The lowest BCUT2D eigenvalue weighted by Crippen LogP contribution is -2.68. The van der Waals surface area contributed by atoms with Gasteiger partial charge in [-0.05, 0) is 6.42 Å². The average molecular weight is 296 g/mol. The highest BCUT2D eigenvalue weighted by molar-refractivity contribution is 7.20. The van der Waals surface area contributed by atoms with Gasteiger partial charge in [-0.25, -0.2) is 0 Å². The second-order valence-corrected chi connectivity index (χ2v) is 24.0. The van der Waals surface area contributed by atoms with Gasteiger partial charge in [-0.3, -0.25) is 0 Å². The molecule has 0 aromatic rings. The Balaban J connectivity index is 5.35. The van der Waals surface area contributed by atoms with E-state index in [0.717, 1.165) is 0 Å². The predicted molar refractivity (Wildman–Crippen MR) is 85.9 cm³/mol. The van der Waals surface area contributed by atoms with Gasteiger partial charge in [0.1, 0.15) is 16.5 Å². The highest BCUT2D eigenvalue weighted by Gasteiger charge is 2.44. The minimum Gasteiger partial charge on any atom is -0.344 e. The standard InChI is InChI=1S/C11H30ClNSi3/c1-10-11(16(8,9)12)13(14(2,3)4)15(5,6)7/h11H,10H2,1-9H3. The normalized spacial score (nSPS) is 16.7. The Morgan fingerprint density at radius 1 is 0.875 bits per heavy atom. The Labute approximate surface area is 110 Å². The molecule has 0 rings (SSSR count). The fraction of sp³-hybridized carbons (Fsp3) is 1.00. The quantitative estimate of drug-likeness (QED) is 0.524. The summed E-state index contributed by atoms with van der Waals surface area (Å²) in [5, 5.41) is 0. The summed E-state index contributed by atoms with van der Waals surface area (Å²) >= 11 is 6.75. The fourth-order valence-electron chi connectivity index (χ4n) is 2.92. The molecule has 0 N–H and O–H groups in total. The second-order valence-electron chi connectivity index (χ2n) is 7.20. The third kappa shape index (κ3) is 4.64. The molecule has 1 unspecified atom stereocenters. The summed E-state index contributed by atoms with van der Waals surface area (Å²) in [5.41, 5.74) is 0.646. The van der Waals surface area contributed by atoms with E-state index in [4.69, 9.17) is 11.1 Å². The number of halogens is 1. The smallest absolute Gasteiger partial charge is 0.165 e. The molecule has 1 atom stereocenters. The molecule has 0 bridgehead atoms. The fourth-order valence-corrected chi connectivity index (χ4v) is 20.3. The van der Waals surface area contributed by atoms with E-state index in [-0.39, 0.29) is 0 Å². The lowest BCUT2D eigenvalue weighted by Gasteiger charge is -2.51. The van der Waals surface area contributed by atoms with Gasteiger partial charge in [0.15, 0.2) is 7.38 Å². The van der Waals surface area contributed by atoms with Crippen LogP contribution < -0.4 is 0 Å². The van der Waals surface area contributed by atoms with Crippen LogP contribution in [0.1, 0.15) is 13.3 Å². The maximum absolute atomic E-state index is 6.75. The van der Waals surface area contributed by atoms with Crippen LogP contribution in [0.3, 0.4) is 0 Å². The van der Waals surface area contributed by atoms with Crippen molar-refractivity contribution in [2.24, 2.45) is 0 Å². The number of hydrogen-bond acceptors (Lipinski definition) is 1. The van der Waals surface area contributed by atoms with Gasteiger partial charge in [0.2, 0.25) is 0 Å². The third-order valence-electron chi connectivity index (χ3n) is 2.94. The molecular weight excluding hydrogens is 266 g/mol. The topological polar surface area (TPSA) is 3.24 Å². The van der Waals surface area contributed by atoms with Crippen LogP contribution in [0, 0.1) is 0 Å². The average Bonchev–Trinajstić information content (AvgIpc) is 1.91. The molecule has 0 saturated heterocycles. The zero-order valence-electron chi connectivity index (χ0n) is 12.6. The first-order chi connectivity index (χ1) is 6.81. The van der Waals surface area contributed by atoms with Gasteiger partial charge < -0.3 is 4.23 Å². The van der Waals surface area contributed by atoms with Gasteiger partial charge in [-0.1, -0.05) is 59.3 Å². The van der Waals surface area contributed by atoms with Crippen LogP contribution in [-0.2, 0) is 0 Å². The first kappa shape index (κ1) is 16.9. The molecule has 0 heterocycles. The summed E-state index contributed by atoms with van der Waals surface area (Å²) in [6.45, 7) is 21.7. The molecule has 0 spiro atoms. The zero-order valence-corrected chi connectivity index (χ0v) is 16.4. The van der Waals surface area contributed by atoms with Crippen LogP contribution in [0.2, 0.25) is 52.4 Å². The van der Waals surface area contributed by atoms with E-state index in [1.165, 1.54) is 6.42 Å². The molecule has 0 saturated carbocycles. The Kier molecular flexibility index (Phi) is 5.56. The molecule has 0 aliphatic carbocycles. The molecular formula is C11H30ClNSi3. The van der Waals surface area contributed by atoms with E-state index in [1.54, 1.807) is 0 Å². The number of nitrogens with zero attached hydrogens (tertiary/aromatic N) is 1. The Bertz CT molecular complexity index is 211. The van der Waals surface area contributed by atoms with Crippen LogP contribution in [0.15, 0.2) is 0 Å². The van der Waals surface area contributed by atoms with Crippen molar-refractivity contribution in [2.45, 2.75) is 71.4 Å². The first-order valence-electron chi connectivity index (χ1n) is 6.30. The van der Waals surface area contributed by atoms with Gasteiger partial charge >= 0.3 is 0 Å². The van der Waals surface area contributed by atoms with Crippen LogP contribution in [0.5, 0.6) is 0 Å². The van der Waals surface area contributed by atoms with Crippen molar-refractivity contribution in [2.75, 3.05) is 0 Å². The van der Waals surface area contributed by atoms with Crippen molar-refractivity contribution in [1.82, 2.24) is 4.23 Å². The highest BCUT2D eigenvalue weighted by Crippen LogP contribution is 2.31. The van der Waals surface area contributed by atoms with E-state index < -0.39 is 23.9 Å². The lowest BCUT2D eigenvalue weighted by molar-refractivity contribution is 0.533. The largest absolute Gasteiger partial charge is 0.344 e. The first-order valence-corrected chi connectivity index (χ1v) is 17.3. The maximum Gasteiger partial charge on any atom is 0.165 e. The second kappa shape index (κ2) is 5.26. The van der Waals surface area contributed by atoms with E-state index >= 15 is 0 Å². The predicted octanol–water partition coefficient (Wildman–Crippen LogP) is 4.72. The molecule has 1 nitrogen and oxygen atoms in total. The Hall–Kier alpha value is 0.901. The SMILES string of the molecule is CCC(N([Si](C)(C)C)[Si](C)(C)C)[Si](C)(C)Cl. The molecule has 0 aromatic carbocycles. The van der Waals surface area contributed by atoms with Gasteiger partial charge in [0.25, 0.3) is 0 Å². The minimum atomic E-state index is -1.60. The molecule has 0 fully saturated rings.